The first-order valence-corrected chi connectivity index (χ1v) is 6.55. The molecular weight excluding hydrogens is 266 g/mol. The van der Waals surface area contributed by atoms with E-state index in [1.165, 1.54) is 0 Å². The molecule has 2 rings (SSSR count). The van der Waals surface area contributed by atoms with E-state index in [2.05, 4.69) is 0 Å². The largest absolute Gasteiger partial charge is 0.391 e. The molecule has 2 atom stereocenters. The molecule has 1 aliphatic carbocycles. The van der Waals surface area contributed by atoms with Gasteiger partial charge in [0.05, 0.1) is 11.0 Å². The minimum absolute atomic E-state index is 0.171. The van der Waals surface area contributed by atoms with Crippen LogP contribution in [-0.4, -0.2) is 22.0 Å². The SMILES string of the molecule is OC(CCl)C(c1ccccc1Cl)C1(Cl)CC1. The van der Waals surface area contributed by atoms with E-state index in [0.29, 0.717) is 5.02 Å². The second-order valence-electron chi connectivity index (χ2n) is 4.26. The van der Waals surface area contributed by atoms with E-state index in [1.54, 1.807) is 0 Å². The van der Waals surface area contributed by atoms with E-state index < -0.39 is 6.10 Å². The molecule has 4 heteroatoms. The number of hydrogen-bond donors (Lipinski definition) is 1. The molecule has 0 heterocycles. The highest BCUT2D eigenvalue weighted by Gasteiger charge is 2.51. The summed E-state index contributed by atoms with van der Waals surface area (Å²) in [5.41, 5.74) is 0.893. The maximum absolute atomic E-state index is 10.00. The van der Waals surface area contributed by atoms with E-state index in [-0.39, 0.29) is 16.7 Å². The molecule has 1 aliphatic rings. The minimum Gasteiger partial charge on any atom is -0.391 e. The summed E-state index contributed by atoms with van der Waals surface area (Å²) in [6.07, 6.45) is 1.15. The number of aliphatic hydroxyl groups excluding tert-OH is 1. The van der Waals surface area contributed by atoms with Crippen LogP contribution in [0.25, 0.3) is 0 Å². The van der Waals surface area contributed by atoms with E-state index in [1.807, 2.05) is 24.3 Å². The van der Waals surface area contributed by atoms with Crippen molar-refractivity contribution in [2.75, 3.05) is 5.88 Å². The van der Waals surface area contributed by atoms with Gasteiger partial charge in [-0.05, 0) is 24.5 Å². The predicted octanol–water partition coefficient (Wildman–Crippen LogP) is 3.79. The van der Waals surface area contributed by atoms with Gasteiger partial charge < -0.3 is 5.11 Å². The van der Waals surface area contributed by atoms with Crippen LogP contribution in [0, 0.1) is 0 Å². The zero-order valence-corrected chi connectivity index (χ0v) is 10.9. The molecule has 16 heavy (non-hydrogen) atoms. The fourth-order valence-corrected chi connectivity index (χ4v) is 2.87. The molecule has 88 valence electrons. The molecule has 1 N–H and O–H groups in total. The minimum atomic E-state index is -0.651. The third-order valence-electron chi connectivity index (χ3n) is 3.07. The van der Waals surface area contributed by atoms with Gasteiger partial charge in [0.2, 0.25) is 0 Å². The van der Waals surface area contributed by atoms with Crippen LogP contribution in [0.5, 0.6) is 0 Å². The summed E-state index contributed by atoms with van der Waals surface area (Å²) < 4.78 is 0. The Morgan fingerprint density at radius 2 is 1.94 bits per heavy atom. The lowest BCUT2D eigenvalue weighted by atomic mass is 9.89. The fraction of sp³-hybridized carbons (Fsp3) is 0.500. The van der Waals surface area contributed by atoms with Gasteiger partial charge in [0.1, 0.15) is 0 Å². The Balaban J connectivity index is 2.36. The van der Waals surface area contributed by atoms with Gasteiger partial charge in [-0.25, -0.2) is 0 Å². The quantitative estimate of drug-likeness (QED) is 0.831. The molecule has 2 unspecified atom stereocenters. The lowest BCUT2D eigenvalue weighted by Crippen LogP contribution is -2.29. The first-order chi connectivity index (χ1) is 7.58. The van der Waals surface area contributed by atoms with E-state index in [4.69, 9.17) is 34.8 Å². The Kier molecular flexibility index (Phi) is 3.70. The van der Waals surface area contributed by atoms with Crippen LogP contribution < -0.4 is 0 Å². The van der Waals surface area contributed by atoms with Gasteiger partial charge in [-0.2, -0.15) is 0 Å². The molecule has 0 saturated heterocycles. The topological polar surface area (TPSA) is 20.2 Å². The van der Waals surface area contributed by atoms with E-state index in [0.717, 1.165) is 18.4 Å². The van der Waals surface area contributed by atoms with Gasteiger partial charge >= 0.3 is 0 Å². The van der Waals surface area contributed by atoms with Gasteiger partial charge in [-0.1, -0.05) is 29.8 Å². The van der Waals surface area contributed by atoms with Crippen LogP contribution in [0.15, 0.2) is 24.3 Å². The van der Waals surface area contributed by atoms with Crippen LogP contribution in [-0.2, 0) is 0 Å². The molecule has 1 saturated carbocycles. The van der Waals surface area contributed by atoms with Gasteiger partial charge in [0, 0.05) is 16.8 Å². The summed E-state index contributed by atoms with van der Waals surface area (Å²) in [5.74, 6) is -0.00922. The van der Waals surface area contributed by atoms with Crippen molar-refractivity contribution in [2.24, 2.45) is 0 Å². The number of halogens is 3. The first kappa shape index (κ1) is 12.5. The van der Waals surface area contributed by atoms with Crippen LogP contribution in [0.4, 0.5) is 0 Å². The van der Waals surface area contributed by atoms with Crippen molar-refractivity contribution in [2.45, 2.75) is 29.7 Å². The van der Waals surface area contributed by atoms with Crippen molar-refractivity contribution in [3.8, 4) is 0 Å². The number of alkyl halides is 2. The average molecular weight is 280 g/mol. The monoisotopic (exact) mass is 278 g/mol. The standard InChI is InChI=1S/C12H13Cl3O/c13-7-10(16)11(12(15)5-6-12)8-3-1-2-4-9(8)14/h1-4,10-11,16H,5-7H2. The van der Waals surface area contributed by atoms with E-state index in [9.17, 15) is 5.11 Å². The number of benzene rings is 1. The zero-order chi connectivity index (χ0) is 11.8. The normalized spacial score (nSPS) is 21.5. The predicted molar refractivity (Wildman–Crippen MR) is 68.7 cm³/mol. The Morgan fingerprint density at radius 1 is 1.31 bits per heavy atom. The summed E-state index contributed by atoms with van der Waals surface area (Å²) in [6, 6.07) is 7.49. The third-order valence-corrected chi connectivity index (χ3v) is 4.34. The Hall–Kier alpha value is 0.0500. The van der Waals surface area contributed by atoms with Gasteiger partial charge in [-0.3, -0.25) is 0 Å². The zero-order valence-electron chi connectivity index (χ0n) is 8.67. The molecule has 1 aromatic rings. The molecule has 0 spiro atoms. The maximum atomic E-state index is 10.00. The lowest BCUT2D eigenvalue weighted by Gasteiger charge is -2.27. The van der Waals surface area contributed by atoms with Crippen molar-refractivity contribution in [3.05, 3.63) is 34.9 Å². The molecule has 0 amide bonds. The van der Waals surface area contributed by atoms with Gasteiger partial charge in [0.15, 0.2) is 0 Å². The van der Waals surface area contributed by atoms with Crippen molar-refractivity contribution >= 4 is 34.8 Å². The molecule has 0 aromatic heterocycles. The highest BCUT2D eigenvalue weighted by molar-refractivity contribution is 6.32. The smallest absolute Gasteiger partial charge is 0.0761 e. The molecule has 0 bridgehead atoms. The molecule has 1 nitrogen and oxygen atoms in total. The highest BCUT2D eigenvalue weighted by Crippen LogP contribution is 2.55. The Morgan fingerprint density at radius 3 is 2.44 bits per heavy atom. The summed E-state index contributed by atoms with van der Waals surface area (Å²) in [6.45, 7) is 0. The third kappa shape index (κ3) is 2.33. The number of hydrogen-bond acceptors (Lipinski definition) is 1. The second kappa shape index (κ2) is 4.73. The van der Waals surface area contributed by atoms with Gasteiger partial charge in [0.25, 0.3) is 0 Å². The van der Waals surface area contributed by atoms with Crippen molar-refractivity contribution in [3.63, 3.8) is 0 Å². The van der Waals surface area contributed by atoms with Crippen LogP contribution in [0.3, 0.4) is 0 Å². The second-order valence-corrected chi connectivity index (χ2v) is 5.72. The first-order valence-electron chi connectivity index (χ1n) is 5.26. The van der Waals surface area contributed by atoms with Crippen LogP contribution in [0.2, 0.25) is 5.02 Å². The average Bonchev–Trinajstić information content (AvgIpc) is 3.00. The Labute approximate surface area is 110 Å². The summed E-state index contributed by atoms with van der Waals surface area (Å²) in [5, 5.41) is 10.6. The maximum Gasteiger partial charge on any atom is 0.0761 e. The molecule has 1 aromatic carbocycles. The van der Waals surface area contributed by atoms with Crippen molar-refractivity contribution in [1.82, 2.24) is 0 Å². The molecule has 0 aliphatic heterocycles. The molecular formula is C12H13Cl3O. The Bertz CT molecular complexity index is 376. The van der Waals surface area contributed by atoms with Gasteiger partial charge in [-0.15, -0.1) is 23.2 Å². The molecule has 1 fully saturated rings. The number of rotatable bonds is 4. The summed E-state index contributed by atoms with van der Waals surface area (Å²) >= 11 is 18.3. The summed E-state index contributed by atoms with van der Waals surface area (Å²) in [4.78, 5) is -0.362. The lowest BCUT2D eigenvalue weighted by molar-refractivity contribution is 0.159. The number of aliphatic hydroxyl groups is 1. The highest BCUT2D eigenvalue weighted by atomic mass is 35.5. The van der Waals surface area contributed by atoms with Crippen molar-refractivity contribution < 1.29 is 5.11 Å². The summed E-state index contributed by atoms with van der Waals surface area (Å²) in [7, 11) is 0. The van der Waals surface area contributed by atoms with Crippen molar-refractivity contribution in [1.29, 1.82) is 0 Å². The van der Waals surface area contributed by atoms with E-state index >= 15 is 0 Å². The van der Waals surface area contributed by atoms with Crippen LogP contribution >= 0.6 is 34.8 Å². The fourth-order valence-electron chi connectivity index (χ4n) is 2.08. The van der Waals surface area contributed by atoms with Crippen LogP contribution in [0.1, 0.15) is 24.3 Å². The molecule has 0 radical (unpaired) electrons.